The van der Waals surface area contributed by atoms with Crippen LogP contribution in [0.3, 0.4) is 0 Å². The average molecular weight is 482 g/mol. The second-order valence-corrected chi connectivity index (χ2v) is 9.39. The van der Waals surface area contributed by atoms with Gasteiger partial charge in [0.1, 0.15) is 0 Å². The smallest absolute Gasteiger partial charge is 0.207 e. The first-order chi connectivity index (χ1) is 17.2. The third-order valence-electron chi connectivity index (χ3n) is 6.82. The second kappa shape index (κ2) is 10.8. The van der Waals surface area contributed by atoms with Crippen molar-refractivity contribution in [3.63, 3.8) is 0 Å². The number of nitrogens with zero attached hydrogens (tertiary/aromatic N) is 4. The Morgan fingerprint density at radius 3 is 2.60 bits per heavy atom. The summed E-state index contributed by atoms with van der Waals surface area (Å²) in [6.07, 6.45) is 8.54. The zero-order valence-corrected chi connectivity index (χ0v) is 20.4. The quantitative estimate of drug-likeness (QED) is 0.235. The minimum absolute atomic E-state index is 0.643. The van der Waals surface area contributed by atoms with Gasteiger partial charge in [0, 0.05) is 36.4 Å². The number of halogens is 1. The fourth-order valence-electron chi connectivity index (χ4n) is 5.08. The highest BCUT2D eigenvalue weighted by Gasteiger charge is 2.26. The highest BCUT2D eigenvalue weighted by Crippen LogP contribution is 2.38. The van der Waals surface area contributed by atoms with Crippen molar-refractivity contribution < 1.29 is 0 Å². The Morgan fingerprint density at radius 2 is 1.80 bits per heavy atom. The molecule has 176 valence electrons. The number of nitriles is 1. The number of nitrogens with one attached hydrogen (secondary N) is 1. The summed E-state index contributed by atoms with van der Waals surface area (Å²) in [5.74, 6) is 0.666. The number of likely N-dealkylation sites (tertiary alicyclic amines) is 1. The Labute approximate surface area is 211 Å². The largest absolute Gasteiger partial charge is 0.342 e. The van der Waals surface area contributed by atoms with Crippen LogP contribution in [0.15, 0.2) is 77.4 Å². The molecule has 0 bridgehead atoms. The van der Waals surface area contributed by atoms with Gasteiger partial charge in [-0.1, -0.05) is 59.6 Å². The first kappa shape index (κ1) is 23.1. The van der Waals surface area contributed by atoms with E-state index in [1.165, 1.54) is 33.4 Å². The zero-order chi connectivity index (χ0) is 24.0. The monoisotopic (exact) mass is 481 g/mol. The number of rotatable bonds is 3. The Kier molecular flexibility index (Phi) is 7.11. The van der Waals surface area contributed by atoms with Crippen molar-refractivity contribution in [2.24, 2.45) is 4.99 Å². The van der Waals surface area contributed by atoms with Gasteiger partial charge in [-0.3, -0.25) is 15.3 Å². The molecule has 1 aliphatic carbocycles. The van der Waals surface area contributed by atoms with Crippen molar-refractivity contribution in [1.82, 2.24) is 15.2 Å². The highest BCUT2D eigenvalue weighted by atomic mass is 35.5. The molecule has 0 radical (unpaired) electrons. The van der Waals surface area contributed by atoms with Crippen LogP contribution >= 0.6 is 11.6 Å². The van der Waals surface area contributed by atoms with Gasteiger partial charge in [-0.25, -0.2) is 0 Å². The fraction of sp³-hybridized carbons (Fsp3) is 0.276. The molecule has 5 rings (SSSR count). The SMILES string of the molecule is N#CNC(=NCCc1ccccc1)N1CCC(=C2c3ccc(Cl)cc3CCc3cccnc32)CC1. The number of fused-ring (bicyclic) bond motifs is 2. The number of piperidine rings is 1. The van der Waals surface area contributed by atoms with E-state index in [0.717, 1.165) is 55.9 Å². The van der Waals surface area contributed by atoms with Crippen molar-refractivity contribution in [2.75, 3.05) is 19.6 Å². The standard InChI is InChI=1S/C29H28ClN5/c30-25-10-11-26-24(19-25)9-8-23-7-4-15-32-28(23)27(26)22-13-17-35(18-14-22)29(34-20-31)33-16-12-21-5-2-1-3-6-21/h1-7,10-11,15,19H,8-9,12-14,16-18H2,(H,33,34). The van der Waals surface area contributed by atoms with Crippen molar-refractivity contribution in [3.8, 4) is 6.19 Å². The number of guanidine groups is 1. The lowest BCUT2D eigenvalue weighted by molar-refractivity contribution is 0.379. The van der Waals surface area contributed by atoms with E-state index in [-0.39, 0.29) is 0 Å². The molecule has 5 nitrogen and oxygen atoms in total. The fourth-order valence-corrected chi connectivity index (χ4v) is 5.27. The van der Waals surface area contributed by atoms with Crippen molar-refractivity contribution in [1.29, 1.82) is 5.26 Å². The molecule has 2 heterocycles. The summed E-state index contributed by atoms with van der Waals surface area (Å²) in [6.45, 7) is 2.26. The average Bonchev–Trinajstić information content (AvgIpc) is 3.05. The molecule has 1 N–H and O–H groups in total. The molecular formula is C29H28ClN5. The third-order valence-corrected chi connectivity index (χ3v) is 7.06. The van der Waals surface area contributed by atoms with E-state index in [1.807, 2.05) is 36.5 Å². The molecule has 0 atom stereocenters. The molecule has 2 aromatic carbocycles. The third kappa shape index (κ3) is 5.23. The molecule has 35 heavy (non-hydrogen) atoms. The maximum absolute atomic E-state index is 9.31. The number of hydrogen-bond acceptors (Lipinski definition) is 3. The topological polar surface area (TPSA) is 64.3 Å². The summed E-state index contributed by atoms with van der Waals surface area (Å²) in [6, 6.07) is 20.8. The maximum atomic E-state index is 9.31. The molecule has 1 aromatic heterocycles. The van der Waals surface area contributed by atoms with Gasteiger partial charge in [0.2, 0.25) is 5.96 Å². The molecular weight excluding hydrogens is 454 g/mol. The molecule has 0 amide bonds. The molecule has 1 aliphatic heterocycles. The molecule has 0 unspecified atom stereocenters. The zero-order valence-electron chi connectivity index (χ0n) is 19.7. The molecule has 0 saturated carbocycles. The summed E-state index contributed by atoms with van der Waals surface area (Å²) in [5, 5.41) is 12.9. The predicted molar refractivity (Wildman–Crippen MR) is 141 cm³/mol. The van der Waals surface area contributed by atoms with E-state index in [4.69, 9.17) is 21.6 Å². The van der Waals surface area contributed by atoms with Gasteiger partial charge >= 0.3 is 0 Å². The van der Waals surface area contributed by atoms with E-state index < -0.39 is 0 Å². The van der Waals surface area contributed by atoms with Gasteiger partial charge in [0.15, 0.2) is 6.19 Å². The van der Waals surface area contributed by atoms with Crippen molar-refractivity contribution in [3.05, 3.63) is 105 Å². The number of aliphatic imine (C=N–C) groups is 1. The number of benzene rings is 2. The molecule has 2 aliphatic rings. The minimum atomic E-state index is 0.643. The van der Waals surface area contributed by atoms with E-state index in [9.17, 15) is 5.26 Å². The minimum Gasteiger partial charge on any atom is -0.342 e. The summed E-state index contributed by atoms with van der Waals surface area (Å²) < 4.78 is 0. The highest BCUT2D eigenvalue weighted by molar-refractivity contribution is 6.30. The van der Waals surface area contributed by atoms with Gasteiger partial charge in [0.05, 0.1) is 5.69 Å². The molecule has 3 aromatic rings. The van der Waals surface area contributed by atoms with Crippen LogP contribution in [0.5, 0.6) is 0 Å². The van der Waals surface area contributed by atoms with Crippen LogP contribution in [0.25, 0.3) is 5.57 Å². The van der Waals surface area contributed by atoms with Gasteiger partial charge in [-0.15, -0.1) is 0 Å². The van der Waals surface area contributed by atoms with Crippen LogP contribution in [0, 0.1) is 11.5 Å². The maximum Gasteiger partial charge on any atom is 0.207 e. The Hall–Kier alpha value is -3.62. The molecule has 1 saturated heterocycles. The Bertz CT molecular complexity index is 1300. The summed E-state index contributed by atoms with van der Waals surface area (Å²) in [4.78, 5) is 11.8. The summed E-state index contributed by atoms with van der Waals surface area (Å²) in [7, 11) is 0. The van der Waals surface area contributed by atoms with E-state index in [0.29, 0.717) is 12.5 Å². The van der Waals surface area contributed by atoms with Crippen LogP contribution in [-0.2, 0) is 19.3 Å². The van der Waals surface area contributed by atoms with Crippen LogP contribution in [-0.4, -0.2) is 35.5 Å². The summed E-state index contributed by atoms with van der Waals surface area (Å²) >= 11 is 6.35. The van der Waals surface area contributed by atoms with Gasteiger partial charge in [0.25, 0.3) is 0 Å². The number of pyridine rings is 1. The lowest BCUT2D eigenvalue weighted by Crippen LogP contribution is -2.43. The Morgan fingerprint density at radius 1 is 1.00 bits per heavy atom. The number of aromatic nitrogens is 1. The normalized spacial score (nSPS) is 15.7. The first-order valence-electron chi connectivity index (χ1n) is 12.2. The van der Waals surface area contributed by atoms with E-state index >= 15 is 0 Å². The summed E-state index contributed by atoms with van der Waals surface area (Å²) in [5.41, 5.74) is 8.85. The first-order valence-corrected chi connectivity index (χ1v) is 12.5. The lowest BCUT2D eigenvalue weighted by Gasteiger charge is -2.32. The number of aryl methyl sites for hydroxylation is 2. The van der Waals surface area contributed by atoms with Crippen LogP contribution in [0.1, 0.15) is 40.8 Å². The van der Waals surface area contributed by atoms with Crippen molar-refractivity contribution >= 4 is 23.1 Å². The predicted octanol–water partition coefficient (Wildman–Crippen LogP) is 5.40. The van der Waals surface area contributed by atoms with E-state index in [1.54, 1.807) is 0 Å². The van der Waals surface area contributed by atoms with Crippen LogP contribution in [0.4, 0.5) is 0 Å². The lowest BCUT2D eigenvalue weighted by atomic mass is 9.88. The molecule has 0 spiro atoms. The van der Waals surface area contributed by atoms with Crippen LogP contribution in [0.2, 0.25) is 5.02 Å². The van der Waals surface area contributed by atoms with Gasteiger partial charge in [-0.2, -0.15) is 5.26 Å². The van der Waals surface area contributed by atoms with Gasteiger partial charge in [-0.05, 0) is 72.6 Å². The second-order valence-electron chi connectivity index (χ2n) is 8.96. The molecule has 1 fully saturated rings. The molecule has 6 heteroatoms. The Balaban J connectivity index is 1.40. The van der Waals surface area contributed by atoms with E-state index in [2.05, 4.69) is 46.7 Å². The number of hydrogen-bond donors (Lipinski definition) is 1. The van der Waals surface area contributed by atoms with Crippen LogP contribution < -0.4 is 5.32 Å². The van der Waals surface area contributed by atoms with Gasteiger partial charge < -0.3 is 4.90 Å². The van der Waals surface area contributed by atoms with Crippen molar-refractivity contribution in [2.45, 2.75) is 32.1 Å².